The Morgan fingerprint density at radius 2 is 1.84 bits per heavy atom. The van der Waals surface area contributed by atoms with E-state index in [-0.39, 0.29) is 30.9 Å². The summed E-state index contributed by atoms with van der Waals surface area (Å²) >= 11 is 2.17. The smallest absolute Gasteiger partial charge is 0.251 e. The van der Waals surface area contributed by atoms with Crippen molar-refractivity contribution in [3.63, 3.8) is 0 Å². The Hall–Kier alpha value is -2.82. The lowest BCUT2D eigenvalue weighted by Crippen LogP contribution is -2.29. The van der Waals surface area contributed by atoms with Crippen LogP contribution >= 0.6 is 22.6 Å². The Balaban J connectivity index is 1.83. The SMILES string of the molecule is COc1ccc(C(=O)NCCC(=O)NN=Cc2cc(I)c(OC(C)C)c(OC)c2)cc1. The molecule has 9 heteroatoms. The zero-order valence-corrected chi connectivity index (χ0v) is 20.1. The second kappa shape index (κ2) is 12.1. The number of halogens is 1. The van der Waals surface area contributed by atoms with Crippen LogP contribution in [0.5, 0.6) is 17.2 Å². The minimum Gasteiger partial charge on any atom is -0.497 e. The maximum absolute atomic E-state index is 12.1. The van der Waals surface area contributed by atoms with Gasteiger partial charge in [-0.25, -0.2) is 5.43 Å². The fourth-order valence-corrected chi connectivity index (χ4v) is 3.29. The number of hydrazone groups is 1. The summed E-state index contributed by atoms with van der Waals surface area (Å²) in [5, 5.41) is 6.67. The summed E-state index contributed by atoms with van der Waals surface area (Å²) in [7, 11) is 3.13. The van der Waals surface area contributed by atoms with E-state index in [1.807, 2.05) is 19.9 Å². The van der Waals surface area contributed by atoms with Crippen molar-refractivity contribution in [3.05, 3.63) is 51.1 Å². The third-order valence-electron chi connectivity index (χ3n) is 4.00. The first-order valence-electron chi connectivity index (χ1n) is 9.62. The third kappa shape index (κ3) is 7.74. The summed E-state index contributed by atoms with van der Waals surface area (Å²) in [6.07, 6.45) is 1.64. The largest absolute Gasteiger partial charge is 0.497 e. The quantitative estimate of drug-likeness (QED) is 0.274. The number of nitrogens with one attached hydrogen (secondary N) is 2. The van der Waals surface area contributed by atoms with Gasteiger partial charge in [0.25, 0.3) is 5.91 Å². The van der Waals surface area contributed by atoms with E-state index in [0.717, 1.165) is 9.13 Å². The van der Waals surface area contributed by atoms with Crippen molar-refractivity contribution in [2.75, 3.05) is 20.8 Å². The van der Waals surface area contributed by atoms with E-state index >= 15 is 0 Å². The van der Waals surface area contributed by atoms with Gasteiger partial charge in [0.15, 0.2) is 11.5 Å². The molecule has 0 saturated carbocycles. The van der Waals surface area contributed by atoms with Gasteiger partial charge in [-0.1, -0.05) is 0 Å². The van der Waals surface area contributed by atoms with Crippen molar-refractivity contribution in [2.24, 2.45) is 5.10 Å². The summed E-state index contributed by atoms with van der Waals surface area (Å²) in [6.45, 7) is 4.08. The fraction of sp³-hybridized carbons (Fsp3) is 0.318. The zero-order chi connectivity index (χ0) is 22.8. The minimum absolute atomic E-state index is 0.0198. The number of ether oxygens (including phenoxy) is 3. The van der Waals surface area contributed by atoms with E-state index in [2.05, 4.69) is 38.4 Å². The second-order valence-electron chi connectivity index (χ2n) is 6.73. The molecule has 0 saturated heterocycles. The van der Waals surface area contributed by atoms with Gasteiger partial charge in [-0.3, -0.25) is 9.59 Å². The molecule has 0 fully saturated rings. The molecule has 0 bridgehead atoms. The molecule has 0 aliphatic carbocycles. The molecule has 0 aliphatic rings. The Bertz CT molecular complexity index is 929. The first-order chi connectivity index (χ1) is 14.8. The van der Waals surface area contributed by atoms with Crippen molar-refractivity contribution in [1.29, 1.82) is 0 Å². The number of carbonyl (C=O) groups excluding carboxylic acids is 2. The molecule has 31 heavy (non-hydrogen) atoms. The molecule has 0 aromatic heterocycles. The summed E-state index contributed by atoms with van der Waals surface area (Å²) in [5.74, 6) is 1.36. The number of nitrogens with zero attached hydrogens (tertiary/aromatic N) is 1. The predicted molar refractivity (Wildman–Crippen MR) is 127 cm³/mol. The molecule has 2 aromatic carbocycles. The molecule has 2 N–H and O–H groups in total. The molecule has 2 amide bonds. The number of methoxy groups -OCH3 is 2. The average Bonchev–Trinajstić information content (AvgIpc) is 2.75. The van der Waals surface area contributed by atoms with Gasteiger partial charge in [-0.2, -0.15) is 5.10 Å². The van der Waals surface area contributed by atoms with Crippen molar-refractivity contribution in [1.82, 2.24) is 10.7 Å². The van der Waals surface area contributed by atoms with Gasteiger partial charge in [0.2, 0.25) is 5.91 Å². The second-order valence-corrected chi connectivity index (χ2v) is 7.89. The predicted octanol–water partition coefficient (Wildman–Crippen LogP) is 3.37. The van der Waals surface area contributed by atoms with E-state index in [1.54, 1.807) is 44.6 Å². The van der Waals surface area contributed by atoms with Gasteiger partial charge in [-0.05, 0) is 78.4 Å². The van der Waals surface area contributed by atoms with Crippen LogP contribution in [0, 0.1) is 3.57 Å². The number of benzene rings is 2. The number of carbonyl (C=O) groups is 2. The van der Waals surface area contributed by atoms with Gasteiger partial charge in [0.05, 0.1) is 30.1 Å². The van der Waals surface area contributed by atoms with Crippen molar-refractivity contribution in [3.8, 4) is 17.2 Å². The summed E-state index contributed by atoms with van der Waals surface area (Å²) < 4.78 is 17.1. The Labute approximate surface area is 195 Å². The fourth-order valence-electron chi connectivity index (χ4n) is 2.53. The van der Waals surface area contributed by atoms with Crippen molar-refractivity contribution >= 4 is 40.6 Å². The van der Waals surface area contributed by atoms with E-state index in [4.69, 9.17) is 14.2 Å². The lowest BCUT2D eigenvalue weighted by atomic mass is 10.2. The lowest BCUT2D eigenvalue weighted by Gasteiger charge is -2.15. The Morgan fingerprint density at radius 3 is 2.45 bits per heavy atom. The normalized spacial score (nSPS) is 10.8. The van der Waals surface area contributed by atoms with Crippen LogP contribution in [0.25, 0.3) is 0 Å². The Morgan fingerprint density at radius 1 is 1.13 bits per heavy atom. The van der Waals surface area contributed by atoms with Gasteiger partial charge in [0.1, 0.15) is 5.75 Å². The van der Waals surface area contributed by atoms with Crippen LogP contribution in [0.2, 0.25) is 0 Å². The molecule has 2 aromatic rings. The molecule has 0 unspecified atom stereocenters. The number of hydrogen-bond donors (Lipinski definition) is 2. The highest BCUT2D eigenvalue weighted by Gasteiger charge is 2.12. The molecule has 0 aliphatic heterocycles. The van der Waals surface area contributed by atoms with Gasteiger partial charge < -0.3 is 19.5 Å². The van der Waals surface area contributed by atoms with E-state index in [1.165, 1.54) is 6.21 Å². The molecule has 0 spiro atoms. The highest BCUT2D eigenvalue weighted by Crippen LogP contribution is 2.34. The van der Waals surface area contributed by atoms with Crippen molar-refractivity contribution < 1.29 is 23.8 Å². The topological polar surface area (TPSA) is 98.2 Å². The van der Waals surface area contributed by atoms with Crippen LogP contribution < -0.4 is 25.0 Å². The Kier molecular flexibility index (Phi) is 9.57. The lowest BCUT2D eigenvalue weighted by molar-refractivity contribution is -0.120. The molecule has 2 rings (SSSR count). The highest BCUT2D eigenvalue weighted by molar-refractivity contribution is 14.1. The molecular formula is C22H26IN3O5. The first kappa shape index (κ1) is 24.4. The summed E-state index contributed by atoms with van der Waals surface area (Å²) in [4.78, 5) is 24.0. The van der Waals surface area contributed by atoms with Crippen LogP contribution in [0.4, 0.5) is 0 Å². The average molecular weight is 539 g/mol. The van der Waals surface area contributed by atoms with Gasteiger partial charge >= 0.3 is 0 Å². The maximum Gasteiger partial charge on any atom is 0.251 e. The summed E-state index contributed by atoms with van der Waals surface area (Å²) in [5.41, 5.74) is 3.70. The van der Waals surface area contributed by atoms with Gasteiger partial charge in [0, 0.05) is 18.5 Å². The minimum atomic E-state index is -0.312. The first-order valence-corrected chi connectivity index (χ1v) is 10.7. The molecule has 0 radical (unpaired) electrons. The standard InChI is InChI=1S/C22H26IN3O5/c1-14(2)31-21-18(23)11-15(12-19(21)30-4)13-25-26-20(27)9-10-24-22(28)16-5-7-17(29-3)8-6-16/h5-8,11-14H,9-10H2,1-4H3,(H,24,28)(H,26,27). The van der Waals surface area contributed by atoms with Crippen LogP contribution in [0.1, 0.15) is 36.2 Å². The summed E-state index contributed by atoms with van der Waals surface area (Å²) in [6, 6.07) is 10.4. The van der Waals surface area contributed by atoms with Gasteiger partial charge in [-0.15, -0.1) is 0 Å². The number of hydrogen-bond acceptors (Lipinski definition) is 6. The molecular weight excluding hydrogens is 513 g/mol. The van der Waals surface area contributed by atoms with E-state index in [0.29, 0.717) is 22.8 Å². The van der Waals surface area contributed by atoms with E-state index < -0.39 is 0 Å². The third-order valence-corrected chi connectivity index (χ3v) is 4.80. The number of rotatable bonds is 10. The van der Waals surface area contributed by atoms with Crippen LogP contribution in [0.3, 0.4) is 0 Å². The number of amides is 2. The van der Waals surface area contributed by atoms with Crippen molar-refractivity contribution in [2.45, 2.75) is 26.4 Å². The molecule has 0 heterocycles. The van der Waals surface area contributed by atoms with Crippen LogP contribution in [-0.2, 0) is 4.79 Å². The van der Waals surface area contributed by atoms with Crippen LogP contribution in [0.15, 0.2) is 41.5 Å². The highest BCUT2D eigenvalue weighted by atomic mass is 127. The maximum atomic E-state index is 12.1. The molecule has 166 valence electrons. The zero-order valence-electron chi connectivity index (χ0n) is 17.9. The monoisotopic (exact) mass is 539 g/mol. The molecule has 0 atom stereocenters. The van der Waals surface area contributed by atoms with Crippen LogP contribution in [-0.4, -0.2) is 44.9 Å². The molecule has 8 nitrogen and oxygen atoms in total. The van der Waals surface area contributed by atoms with E-state index in [9.17, 15) is 9.59 Å².